The van der Waals surface area contributed by atoms with Gasteiger partial charge in [-0.15, -0.1) is 0 Å². The van der Waals surface area contributed by atoms with E-state index in [1.165, 1.54) is 128 Å². The number of rotatable bonds is 40. The summed E-state index contributed by atoms with van der Waals surface area (Å²) >= 11 is 0. The molecule has 0 aromatic carbocycles. The molecule has 0 bridgehead atoms. The first kappa shape index (κ1) is 50.7. The van der Waals surface area contributed by atoms with Crippen LogP contribution in [-0.4, -0.2) is 104 Å². The molecule has 9 nitrogen and oxygen atoms in total. The second-order valence-corrected chi connectivity index (χ2v) is 16.1. The molecule has 0 radical (unpaired) electrons. The lowest BCUT2D eigenvalue weighted by Crippen LogP contribution is -2.52. The largest absolute Gasteiger partial charge is 0.461 e. The van der Waals surface area contributed by atoms with E-state index in [2.05, 4.69) is 13.8 Å². The zero-order valence-electron chi connectivity index (χ0n) is 34.6. The van der Waals surface area contributed by atoms with Crippen molar-refractivity contribution in [3.05, 3.63) is 0 Å². The summed E-state index contributed by atoms with van der Waals surface area (Å²) in [5.74, 6) is -0.538. The van der Waals surface area contributed by atoms with Crippen LogP contribution in [0.3, 0.4) is 0 Å². The molecule has 0 aliphatic heterocycles. The van der Waals surface area contributed by atoms with E-state index in [0.29, 0.717) is 30.4 Å². The Hall–Kier alpha value is -1.26. The van der Waals surface area contributed by atoms with E-state index >= 15 is 0 Å². The first-order chi connectivity index (χ1) is 25.1. The summed E-state index contributed by atoms with van der Waals surface area (Å²) in [6, 6.07) is 0. The Morgan fingerprint density at radius 3 is 1.27 bits per heavy atom. The maximum Gasteiger partial charge on any atom is 0.306 e. The van der Waals surface area contributed by atoms with Crippen molar-refractivity contribution in [1.82, 2.24) is 0 Å². The quantitative estimate of drug-likeness (QED) is 0.0323. The van der Waals surface area contributed by atoms with Gasteiger partial charge in [0.1, 0.15) is 31.9 Å². The number of aliphatic hydroxyl groups is 3. The van der Waals surface area contributed by atoms with Gasteiger partial charge in [0, 0.05) is 12.8 Å². The van der Waals surface area contributed by atoms with E-state index in [-0.39, 0.29) is 31.8 Å². The first-order valence-corrected chi connectivity index (χ1v) is 21.8. The van der Waals surface area contributed by atoms with Gasteiger partial charge < -0.3 is 34.0 Å². The van der Waals surface area contributed by atoms with E-state index < -0.39 is 24.9 Å². The Morgan fingerprint density at radius 1 is 0.500 bits per heavy atom. The molecular formula is C43H86NO8+. The molecule has 0 aromatic heterocycles. The number of hydrogen-bond donors (Lipinski definition) is 3. The number of likely N-dealkylation sites (N-methyl/N-ethyl adjacent to an activating group) is 1. The molecule has 3 unspecified atom stereocenters. The lowest BCUT2D eigenvalue weighted by atomic mass is 10.0. The Morgan fingerprint density at radius 2 is 0.865 bits per heavy atom. The summed E-state index contributed by atoms with van der Waals surface area (Å²) in [7, 11) is 3.85. The molecule has 0 saturated carbocycles. The molecule has 0 amide bonds. The summed E-state index contributed by atoms with van der Waals surface area (Å²) in [5.41, 5.74) is 0. The minimum absolute atomic E-state index is 0.00140. The SMILES string of the molecule is CCCCCCCCCCCCCCCC(=O)OCC(C[N+](C)(C)CC(O)COCC(O)CO)OC(=O)CCCCCCCCCCCCCCC. The molecule has 3 N–H and O–H groups in total. The van der Waals surface area contributed by atoms with Crippen LogP contribution in [0.25, 0.3) is 0 Å². The Balaban J connectivity index is 4.51. The molecule has 0 aliphatic carbocycles. The highest BCUT2D eigenvalue weighted by Crippen LogP contribution is 2.16. The van der Waals surface area contributed by atoms with Crippen LogP contribution in [-0.2, 0) is 23.8 Å². The van der Waals surface area contributed by atoms with Crippen LogP contribution in [0.2, 0.25) is 0 Å². The van der Waals surface area contributed by atoms with Crippen molar-refractivity contribution in [1.29, 1.82) is 0 Å². The van der Waals surface area contributed by atoms with Crippen LogP contribution in [0.1, 0.15) is 194 Å². The average Bonchev–Trinajstić information content (AvgIpc) is 3.10. The second kappa shape index (κ2) is 36.7. The molecule has 52 heavy (non-hydrogen) atoms. The predicted molar refractivity (Wildman–Crippen MR) is 213 cm³/mol. The van der Waals surface area contributed by atoms with Gasteiger partial charge in [0.2, 0.25) is 0 Å². The van der Waals surface area contributed by atoms with E-state index in [1.807, 2.05) is 14.1 Å². The summed E-state index contributed by atoms with van der Waals surface area (Å²) in [5, 5.41) is 29.0. The van der Waals surface area contributed by atoms with Gasteiger partial charge in [0.05, 0.1) is 33.9 Å². The van der Waals surface area contributed by atoms with E-state index in [4.69, 9.17) is 19.3 Å². The Labute approximate surface area is 320 Å². The van der Waals surface area contributed by atoms with Crippen LogP contribution in [0.4, 0.5) is 0 Å². The van der Waals surface area contributed by atoms with Gasteiger partial charge in [-0.05, 0) is 12.8 Å². The Bertz CT molecular complexity index is 795. The molecule has 9 heteroatoms. The van der Waals surface area contributed by atoms with Crippen molar-refractivity contribution in [2.75, 3.05) is 53.6 Å². The van der Waals surface area contributed by atoms with Crippen molar-refractivity contribution in [2.45, 2.75) is 212 Å². The molecular weight excluding hydrogens is 658 g/mol. The maximum absolute atomic E-state index is 12.9. The topological polar surface area (TPSA) is 123 Å². The maximum atomic E-state index is 12.9. The molecule has 0 aliphatic rings. The number of carbonyl (C=O) groups excluding carboxylic acids is 2. The highest BCUT2D eigenvalue weighted by Gasteiger charge is 2.29. The monoisotopic (exact) mass is 745 g/mol. The van der Waals surface area contributed by atoms with Crippen LogP contribution in [0.5, 0.6) is 0 Å². The number of nitrogens with zero attached hydrogens (tertiary/aromatic N) is 1. The zero-order chi connectivity index (χ0) is 38.5. The lowest BCUT2D eigenvalue weighted by Gasteiger charge is -2.34. The van der Waals surface area contributed by atoms with Crippen LogP contribution in [0.15, 0.2) is 0 Å². The number of hydrogen-bond acceptors (Lipinski definition) is 8. The van der Waals surface area contributed by atoms with Crippen molar-refractivity contribution < 1.29 is 43.6 Å². The van der Waals surface area contributed by atoms with Crippen molar-refractivity contribution in [3.8, 4) is 0 Å². The fourth-order valence-electron chi connectivity index (χ4n) is 6.84. The number of ether oxygens (including phenoxy) is 3. The highest BCUT2D eigenvalue weighted by molar-refractivity contribution is 5.70. The highest BCUT2D eigenvalue weighted by atomic mass is 16.6. The summed E-state index contributed by atoms with van der Waals surface area (Å²) in [6.45, 7) is 4.74. The van der Waals surface area contributed by atoms with Gasteiger partial charge in [-0.3, -0.25) is 9.59 Å². The van der Waals surface area contributed by atoms with Gasteiger partial charge >= 0.3 is 11.9 Å². The number of unbranched alkanes of at least 4 members (excludes halogenated alkanes) is 24. The van der Waals surface area contributed by atoms with E-state index in [9.17, 15) is 19.8 Å². The minimum Gasteiger partial charge on any atom is -0.461 e. The second-order valence-electron chi connectivity index (χ2n) is 16.1. The van der Waals surface area contributed by atoms with Crippen LogP contribution < -0.4 is 0 Å². The molecule has 0 heterocycles. The number of aliphatic hydroxyl groups excluding tert-OH is 3. The predicted octanol–water partition coefficient (Wildman–Crippen LogP) is 9.21. The van der Waals surface area contributed by atoms with Crippen molar-refractivity contribution in [3.63, 3.8) is 0 Å². The molecule has 0 saturated heterocycles. The minimum atomic E-state index is -0.984. The third-order valence-electron chi connectivity index (χ3n) is 9.93. The normalized spacial score (nSPS) is 13.6. The Kier molecular flexibility index (Phi) is 35.8. The fourth-order valence-corrected chi connectivity index (χ4v) is 6.84. The standard InChI is InChI=1S/C43H86NO8/c1-5-7-9-11-13-15-17-19-21-23-25-27-29-31-42(48)51-38-41(34-44(3,4)33-39(46)36-50-37-40(47)35-45)52-43(49)32-30-28-26-24-22-20-18-16-14-12-10-8-6-2/h39-41,45-47H,5-38H2,1-4H3/q+1. The number of esters is 2. The lowest BCUT2D eigenvalue weighted by molar-refractivity contribution is -0.896. The fraction of sp³-hybridized carbons (Fsp3) is 0.953. The third-order valence-corrected chi connectivity index (χ3v) is 9.93. The molecule has 0 aromatic rings. The van der Waals surface area contributed by atoms with Gasteiger partial charge in [0.25, 0.3) is 0 Å². The molecule has 3 atom stereocenters. The van der Waals surface area contributed by atoms with E-state index in [0.717, 1.165) is 38.5 Å². The van der Waals surface area contributed by atoms with Gasteiger partial charge in [-0.1, -0.05) is 168 Å². The molecule has 310 valence electrons. The summed E-state index contributed by atoms with van der Waals surface area (Å²) in [4.78, 5) is 25.5. The van der Waals surface area contributed by atoms with Crippen molar-refractivity contribution >= 4 is 11.9 Å². The van der Waals surface area contributed by atoms with Gasteiger partial charge in [0.15, 0.2) is 6.10 Å². The van der Waals surface area contributed by atoms with Crippen molar-refractivity contribution in [2.24, 2.45) is 0 Å². The first-order valence-electron chi connectivity index (χ1n) is 21.8. The number of quaternary nitrogens is 1. The smallest absolute Gasteiger partial charge is 0.306 e. The average molecular weight is 745 g/mol. The number of carbonyl (C=O) groups is 2. The summed E-state index contributed by atoms with van der Waals surface area (Å²) < 4.78 is 17.1. The van der Waals surface area contributed by atoms with Crippen LogP contribution >= 0.6 is 0 Å². The van der Waals surface area contributed by atoms with Gasteiger partial charge in [-0.2, -0.15) is 0 Å². The zero-order valence-corrected chi connectivity index (χ0v) is 34.6. The van der Waals surface area contributed by atoms with E-state index in [1.54, 1.807) is 0 Å². The molecule has 0 fully saturated rings. The molecule has 0 spiro atoms. The summed E-state index contributed by atoms with van der Waals surface area (Å²) in [6.07, 6.45) is 30.7. The van der Waals surface area contributed by atoms with Gasteiger partial charge in [-0.25, -0.2) is 0 Å². The van der Waals surface area contributed by atoms with Crippen LogP contribution in [0, 0.1) is 0 Å². The molecule has 0 rings (SSSR count). The third kappa shape index (κ3) is 35.8.